The first kappa shape index (κ1) is 19.4. The number of hydrogen-bond donors (Lipinski definition) is 1. The van der Waals surface area contributed by atoms with Gasteiger partial charge < -0.3 is 10.1 Å². The number of esters is 1. The Morgan fingerprint density at radius 1 is 1.20 bits per heavy atom. The number of amides is 1. The Morgan fingerprint density at radius 3 is 2.32 bits per heavy atom. The highest BCUT2D eigenvalue weighted by molar-refractivity contribution is 7.89. The van der Waals surface area contributed by atoms with E-state index in [1.54, 1.807) is 31.2 Å². The lowest BCUT2D eigenvalue weighted by Gasteiger charge is -2.30. The molecule has 8 heteroatoms. The van der Waals surface area contributed by atoms with Crippen molar-refractivity contribution in [1.82, 2.24) is 9.62 Å². The number of piperidine rings is 1. The van der Waals surface area contributed by atoms with Crippen molar-refractivity contribution in [2.24, 2.45) is 5.92 Å². The summed E-state index contributed by atoms with van der Waals surface area (Å²) in [5.41, 5.74) is 0.829. The van der Waals surface area contributed by atoms with Crippen molar-refractivity contribution in [1.29, 1.82) is 0 Å². The lowest BCUT2D eigenvalue weighted by atomic mass is 9.98. The Labute approximate surface area is 148 Å². The number of benzene rings is 1. The maximum Gasteiger partial charge on any atom is 0.309 e. The molecule has 0 spiro atoms. The van der Waals surface area contributed by atoms with E-state index in [9.17, 15) is 18.0 Å². The van der Waals surface area contributed by atoms with E-state index in [-0.39, 0.29) is 22.7 Å². The highest BCUT2D eigenvalue weighted by Crippen LogP contribution is 2.24. The molecule has 1 aliphatic rings. The minimum atomic E-state index is -3.58. The molecule has 0 aliphatic carbocycles. The SMILES string of the molecule is CCOC(=O)C1CCN(S(=O)(=O)c2ccc(CNC(C)=O)cc2)CC1. The van der Waals surface area contributed by atoms with Crippen molar-refractivity contribution in [3.05, 3.63) is 29.8 Å². The number of nitrogens with zero attached hydrogens (tertiary/aromatic N) is 1. The van der Waals surface area contributed by atoms with Gasteiger partial charge in [0.15, 0.2) is 0 Å². The summed E-state index contributed by atoms with van der Waals surface area (Å²) in [6.45, 7) is 4.49. The van der Waals surface area contributed by atoms with E-state index in [0.29, 0.717) is 39.1 Å². The fourth-order valence-corrected chi connectivity index (χ4v) is 4.22. The van der Waals surface area contributed by atoms with Crippen LogP contribution in [0.25, 0.3) is 0 Å². The zero-order valence-electron chi connectivity index (χ0n) is 14.5. The van der Waals surface area contributed by atoms with Crippen LogP contribution in [0.2, 0.25) is 0 Å². The van der Waals surface area contributed by atoms with Crippen LogP contribution < -0.4 is 5.32 Å². The van der Waals surface area contributed by atoms with Crippen LogP contribution in [0.15, 0.2) is 29.2 Å². The largest absolute Gasteiger partial charge is 0.466 e. The molecule has 0 atom stereocenters. The van der Waals surface area contributed by atoms with Gasteiger partial charge in [0.25, 0.3) is 0 Å². The summed E-state index contributed by atoms with van der Waals surface area (Å²) in [4.78, 5) is 22.9. The molecule has 7 nitrogen and oxygen atoms in total. The van der Waals surface area contributed by atoms with Gasteiger partial charge in [-0.2, -0.15) is 4.31 Å². The molecule has 1 aliphatic heterocycles. The zero-order valence-corrected chi connectivity index (χ0v) is 15.3. The molecule has 1 fully saturated rings. The predicted octanol–water partition coefficient (Wildman–Crippen LogP) is 1.29. The van der Waals surface area contributed by atoms with Crippen LogP contribution in [0.4, 0.5) is 0 Å². The van der Waals surface area contributed by atoms with Gasteiger partial charge in [0.1, 0.15) is 0 Å². The van der Waals surface area contributed by atoms with Gasteiger partial charge >= 0.3 is 5.97 Å². The van der Waals surface area contributed by atoms with Crippen LogP contribution in [0.3, 0.4) is 0 Å². The standard InChI is InChI=1S/C17H24N2O5S/c1-3-24-17(21)15-8-10-19(11-9-15)25(22,23)16-6-4-14(5-7-16)12-18-13(2)20/h4-7,15H,3,8-12H2,1-2H3,(H,18,20). The molecule has 0 saturated carbocycles. The summed E-state index contributed by atoms with van der Waals surface area (Å²) >= 11 is 0. The van der Waals surface area contributed by atoms with Gasteiger partial charge in [0.2, 0.25) is 15.9 Å². The van der Waals surface area contributed by atoms with Gasteiger partial charge in [-0.05, 0) is 37.5 Å². The summed E-state index contributed by atoms with van der Waals surface area (Å²) in [6, 6.07) is 6.47. The second-order valence-corrected chi connectivity index (χ2v) is 7.92. The average Bonchev–Trinajstić information content (AvgIpc) is 2.60. The highest BCUT2D eigenvalue weighted by atomic mass is 32.2. The van der Waals surface area contributed by atoms with Crippen LogP contribution in [0.1, 0.15) is 32.3 Å². The van der Waals surface area contributed by atoms with E-state index in [0.717, 1.165) is 5.56 Å². The minimum absolute atomic E-state index is 0.138. The third-order valence-corrected chi connectivity index (χ3v) is 6.09. The summed E-state index contributed by atoms with van der Waals surface area (Å²) in [6.07, 6.45) is 0.942. The van der Waals surface area contributed by atoms with Gasteiger partial charge in [0.05, 0.1) is 17.4 Å². The molecule has 0 bridgehead atoms. The Morgan fingerprint density at radius 2 is 1.80 bits per heavy atom. The van der Waals surface area contributed by atoms with Crippen LogP contribution in [-0.2, 0) is 30.9 Å². The third kappa shape index (κ3) is 5.02. The van der Waals surface area contributed by atoms with Crippen molar-refractivity contribution in [2.45, 2.75) is 38.1 Å². The number of sulfonamides is 1. The van der Waals surface area contributed by atoms with Gasteiger partial charge in [-0.15, -0.1) is 0 Å². The summed E-state index contributed by atoms with van der Waals surface area (Å²) in [7, 11) is -3.58. The van der Waals surface area contributed by atoms with Gasteiger partial charge in [0, 0.05) is 26.6 Å². The normalized spacial score (nSPS) is 16.4. The van der Waals surface area contributed by atoms with Crippen LogP contribution >= 0.6 is 0 Å². The molecular weight excluding hydrogens is 344 g/mol. The zero-order chi connectivity index (χ0) is 18.4. The molecule has 2 rings (SSSR count). The van der Waals surface area contributed by atoms with E-state index in [1.807, 2.05) is 0 Å². The second kappa shape index (κ2) is 8.44. The number of carbonyl (C=O) groups is 2. The van der Waals surface area contributed by atoms with Crippen LogP contribution in [0.5, 0.6) is 0 Å². The van der Waals surface area contributed by atoms with E-state index >= 15 is 0 Å². The first-order chi connectivity index (χ1) is 11.8. The van der Waals surface area contributed by atoms with Gasteiger partial charge in [-0.25, -0.2) is 8.42 Å². The van der Waals surface area contributed by atoms with Crippen molar-refractivity contribution < 1.29 is 22.7 Å². The Kier molecular flexibility index (Phi) is 6.55. The monoisotopic (exact) mass is 368 g/mol. The minimum Gasteiger partial charge on any atom is -0.466 e. The second-order valence-electron chi connectivity index (χ2n) is 5.98. The van der Waals surface area contributed by atoms with Crippen molar-refractivity contribution in [3.63, 3.8) is 0 Å². The smallest absolute Gasteiger partial charge is 0.309 e. The maximum absolute atomic E-state index is 12.7. The topological polar surface area (TPSA) is 92.8 Å². The summed E-state index contributed by atoms with van der Waals surface area (Å²) in [5.74, 6) is -0.616. The number of rotatable bonds is 6. The fraction of sp³-hybridized carbons (Fsp3) is 0.529. The van der Waals surface area contributed by atoms with Gasteiger partial charge in [-0.3, -0.25) is 9.59 Å². The molecule has 1 N–H and O–H groups in total. The molecule has 138 valence electrons. The predicted molar refractivity (Wildman–Crippen MR) is 92.1 cm³/mol. The van der Waals surface area contributed by atoms with Gasteiger partial charge in [-0.1, -0.05) is 12.1 Å². The molecule has 0 aromatic heterocycles. The molecule has 1 heterocycles. The van der Waals surface area contributed by atoms with Crippen molar-refractivity contribution >= 4 is 21.9 Å². The lowest BCUT2D eigenvalue weighted by molar-refractivity contribution is -0.149. The highest BCUT2D eigenvalue weighted by Gasteiger charge is 2.32. The van der Waals surface area contributed by atoms with Crippen LogP contribution in [0, 0.1) is 5.92 Å². The number of nitrogens with one attached hydrogen (secondary N) is 1. The Bertz CT molecular complexity index is 707. The van der Waals surface area contributed by atoms with E-state index < -0.39 is 10.0 Å². The quantitative estimate of drug-likeness (QED) is 0.764. The molecule has 25 heavy (non-hydrogen) atoms. The molecular formula is C17H24N2O5S. The molecule has 0 radical (unpaired) electrons. The Hall–Kier alpha value is -1.93. The van der Waals surface area contributed by atoms with E-state index in [1.165, 1.54) is 11.2 Å². The number of ether oxygens (including phenoxy) is 1. The van der Waals surface area contributed by atoms with E-state index in [4.69, 9.17) is 4.74 Å². The van der Waals surface area contributed by atoms with Crippen molar-refractivity contribution in [3.8, 4) is 0 Å². The molecule has 1 aromatic carbocycles. The fourth-order valence-electron chi connectivity index (χ4n) is 2.75. The number of hydrogen-bond acceptors (Lipinski definition) is 5. The number of carbonyl (C=O) groups excluding carboxylic acids is 2. The van der Waals surface area contributed by atoms with E-state index in [2.05, 4.69) is 5.32 Å². The Balaban J connectivity index is 1.99. The van der Waals surface area contributed by atoms with Crippen molar-refractivity contribution in [2.75, 3.05) is 19.7 Å². The molecule has 1 saturated heterocycles. The molecule has 1 amide bonds. The maximum atomic E-state index is 12.7. The summed E-state index contributed by atoms with van der Waals surface area (Å²) in [5, 5.41) is 2.67. The lowest BCUT2D eigenvalue weighted by Crippen LogP contribution is -2.40. The molecule has 0 unspecified atom stereocenters. The average molecular weight is 368 g/mol. The third-order valence-electron chi connectivity index (χ3n) is 4.18. The molecule has 1 aromatic rings. The first-order valence-corrected chi connectivity index (χ1v) is 9.78. The van der Waals surface area contributed by atoms with Crippen LogP contribution in [-0.4, -0.2) is 44.3 Å². The summed E-state index contributed by atoms with van der Waals surface area (Å²) < 4.78 is 31.8. The first-order valence-electron chi connectivity index (χ1n) is 8.34.